The lowest BCUT2D eigenvalue weighted by Gasteiger charge is -2.21. The number of rotatable bonds is 5. The van der Waals surface area contributed by atoms with Crippen LogP contribution in [0.5, 0.6) is 11.5 Å². The van der Waals surface area contributed by atoms with Crippen molar-refractivity contribution in [3.8, 4) is 11.5 Å². The predicted octanol–water partition coefficient (Wildman–Crippen LogP) is 3.43. The van der Waals surface area contributed by atoms with Crippen molar-refractivity contribution < 1.29 is 10.2 Å². The van der Waals surface area contributed by atoms with E-state index < -0.39 is 0 Å². The van der Waals surface area contributed by atoms with Crippen molar-refractivity contribution in [1.29, 1.82) is 0 Å². The Morgan fingerprint density at radius 2 is 1.50 bits per heavy atom. The van der Waals surface area contributed by atoms with Crippen molar-refractivity contribution in [3.05, 3.63) is 59.2 Å². The van der Waals surface area contributed by atoms with Crippen LogP contribution in [0.15, 0.2) is 42.5 Å². The molecule has 0 aliphatic heterocycles. The lowest BCUT2D eigenvalue weighted by Crippen LogP contribution is -2.22. The smallest absolute Gasteiger partial charge is 0.118 e. The van der Waals surface area contributed by atoms with Gasteiger partial charge in [0.25, 0.3) is 0 Å². The summed E-state index contributed by atoms with van der Waals surface area (Å²) in [6.07, 6.45) is 0. The van der Waals surface area contributed by atoms with E-state index in [4.69, 9.17) is 0 Å². The minimum absolute atomic E-state index is 0.297. The summed E-state index contributed by atoms with van der Waals surface area (Å²) < 4.78 is 0. The zero-order valence-electron chi connectivity index (χ0n) is 12.0. The molecule has 0 saturated heterocycles. The molecule has 0 aliphatic carbocycles. The minimum atomic E-state index is 0.297. The van der Waals surface area contributed by atoms with Gasteiger partial charge in [-0.15, -0.1) is 0 Å². The Morgan fingerprint density at radius 1 is 0.900 bits per heavy atom. The van der Waals surface area contributed by atoms with Crippen LogP contribution in [0.4, 0.5) is 0 Å². The number of aryl methyl sites for hydroxylation is 1. The molecule has 106 valence electrons. The zero-order chi connectivity index (χ0) is 14.5. The summed E-state index contributed by atoms with van der Waals surface area (Å²) >= 11 is 0. The average Bonchev–Trinajstić information content (AvgIpc) is 2.44. The summed E-state index contributed by atoms with van der Waals surface area (Å²) in [5.41, 5.74) is 3.28. The van der Waals surface area contributed by atoms with E-state index in [0.717, 1.165) is 25.2 Å². The fourth-order valence-electron chi connectivity index (χ4n) is 2.21. The molecule has 2 aromatic carbocycles. The maximum Gasteiger partial charge on any atom is 0.118 e. The Hall–Kier alpha value is -2.00. The van der Waals surface area contributed by atoms with Crippen molar-refractivity contribution in [2.45, 2.75) is 26.9 Å². The number of phenolic OH excluding ortho intramolecular Hbond substituents is 2. The van der Waals surface area contributed by atoms with Gasteiger partial charge in [0.05, 0.1) is 0 Å². The molecule has 20 heavy (non-hydrogen) atoms. The molecule has 0 atom stereocenters. The van der Waals surface area contributed by atoms with Gasteiger partial charge < -0.3 is 10.2 Å². The second-order valence-electron chi connectivity index (χ2n) is 5.09. The molecule has 0 fully saturated rings. The molecule has 0 amide bonds. The van der Waals surface area contributed by atoms with Crippen molar-refractivity contribution >= 4 is 0 Å². The van der Waals surface area contributed by atoms with Gasteiger partial charge in [0.15, 0.2) is 0 Å². The van der Waals surface area contributed by atoms with E-state index in [1.54, 1.807) is 18.2 Å². The number of nitrogens with zero attached hydrogens (tertiary/aromatic N) is 1. The lowest BCUT2D eigenvalue weighted by molar-refractivity contribution is 0.271. The van der Waals surface area contributed by atoms with Crippen LogP contribution >= 0.6 is 0 Å². The molecule has 2 aromatic rings. The highest BCUT2D eigenvalue weighted by Gasteiger charge is 2.06. The Balaban J connectivity index is 2.04. The number of aromatic hydroxyl groups is 2. The van der Waals surface area contributed by atoms with E-state index in [1.165, 1.54) is 11.1 Å². The quantitative estimate of drug-likeness (QED) is 0.875. The van der Waals surface area contributed by atoms with Crippen molar-refractivity contribution in [2.75, 3.05) is 6.54 Å². The second-order valence-corrected chi connectivity index (χ2v) is 5.09. The van der Waals surface area contributed by atoms with Crippen LogP contribution < -0.4 is 0 Å². The molecule has 0 unspecified atom stereocenters. The highest BCUT2D eigenvalue weighted by atomic mass is 16.3. The molecule has 2 N–H and O–H groups in total. The van der Waals surface area contributed by atoms with E-state index in [0.29, 0.717) is 11.5 Å². The Bertz CT molecular complexity index is 564. The van der Waals surface area contributed by atoms with E-state index in [-0.39, 0.29) is 0 Å². The monoisotopic (exact) mass is 271 g/mol. The van der Waals surface area contributed by atoms with Gasteiger partial charge in [0.1, 0.15) is 11.5 Å². The van der Waals surface area contributed by atoms with Crippen LogP contribution in [-0.2, 0) is 13.1 Å². The number of benzene rings is 2. The number of hydrogen-bond acceptors (Lipinski definition) is 3. The largest absolute Gasteiger partial charge is 0.508 e. The first-order valence-corrected chi connectivity index (χ1v) is 6.87. The third kappa shape index (κ3) is 3.75. The maximum absolute atomic E-state index is 9.56. The molecule has 0 spiro atoms. The Labute approximate surface area is 120 Å². The van der Waals surface area contributed by atoms with Crippen LogP contribution in [0.3, 0.4) is 0 Å². The highest BCUT2D eigenvalue weighted by Crippen LogP contribution is 2.19. The molecular formula is C17H21NO2. The summed E-state index contributed by atoms with van der Waals surface area (Å²) in [7, 11) is 0. The molecule has 0 heterocycles. The van der Waals surface area contributed by atoms with E-state index in [9.17, 15) is 10.2 Å². The van der Waals surface area contributed by atoms with Gasteiger partial charge in [-0.3, -0.25) is 4.90 Å². The molecule has 3 nitrogen and oxygen atoms in total. The van der Waals surface area contributed by atoms with Gasteiger partial charge in [0.2, 0.25) is 0 Å². The van der Waals surface area contributed by atoms with E-state index >= 15 is 0 Å². The Morgan fingerprint density at radius 3 is 2.10 bits per heavy atom. The normalized spacial score (nSPS) is 10.9. The molecule has 0 aromatic heterocycles. The number of hydrogen-bond donors (Lipinski definition) is 2. The fraction of sp³-hybridized carbons (Fsp3) is 0.294. The SMILES string of the molecule is CCN(Cc1ccc(O)cc1)Cc1ccc(O)c(C)c1. The van der Waals surface area contributed by atoms with Crippen LogP contribution in [0, 0.1) is 6.92 Å². The third-order valence-corrected chi connectivity index (χ3v) is 3.46. The molecule has 2 rings (SSSR count). The topological polar surface area (TPSA) is 43.7 Å². The first-order valence-electron chi connectivity index (χ1n) is 6.87. The average molecular weight is 271 g/mol. The summed E-state index contributed by atoms with van der Waals surface area (Å²) in [5, 5.41) is 18.9. The lowest BCUT2D eigenvalue weighted by atomic mass is 10.1. The highest BCUT2D eigenvalue weighted by molar-refractivity contribution is 5.35. The van der Waals surface area contributed by atoms with Crippen molar-refractivity contribution in [1.82, 2.24) is 4.90 Å². The molecule has 0 saturated carbocycles. The summed E-state index contributed by atoms with van der Waals surface area (Å²) in [6, 6.07) is 13.1. The van der Waals surface area contributed by atoms with Gasteiger partial charge in [-0.25, -0.2) is 0 Å². The predicted molar refractivity (Wildman–Crippen MR) is 80.7 cm³/mol. The zero-order valence-corrected chi connectivity index (χ0v) is 12.0. The van der Waals surface area contributed by atoms with Crippen LogP contribution in [-0.4, -0.2) is 21.7 Å². The Kier molecular flexibility index (Phi) is 4.64. The second kappa shape index (κ2) is 6.44. The summed E-state index contributed by atoms with van der Waals surface area (Å²) in [5.74, 6) is 0.640. The van der Waals surface area contributed by atoms with Gasteiger partial charge in [-0.1, -0.05) is 31.2 Å². The number of phenols is 2. The standard InChI is InChI=1S/C17H21NO2/c1-3-18(11-14-4-7-16(19)8-5-14)12-15-6-9-17(20)13(2)10-15/h4-10,19-20H,3,11-12H2,1-2H3. The molecule has 0 radical (unpaired) electrons. The fourth-order valence-corrected chi connectivity index (χ4v) is 2.21. The molecule has 0 bridgehead atoms. The van der Waals surface area contributed by atoms with Crippen LogP contribution in [0.25, 0.3) is 0 Å². The molecule has 0 aliphatic rings. The maximum atomic E-state index is 9.56. The summed E-state index contributed by atoms with van der Waals surface area (Å²) in [4.78, 5) is 2.32. The minimum Gasteiger partial charge on any atom is -0.508 e. The van der Waals surface area contributed by atoms with E-state index in [1.807, 2.05) is 31.2 Å². The first kappa shape index (κ1) is 14.4. The molecular weight excluding hydrogens is 250 g/mol. The van der Waals surface area contributed by atoms with Crippen molar-refractivity contribution in [2.24, 2.45) is 0 Å². The van der Waals surface area contributed by atoms with Gasteiger partial charge in [-0.05, 0) is 48.4 Å². The van der Waals surface area contributed by atoms with Gasteiger partial charge >= 0.3 is 0 Å². The van der Waals surface area contributed by atoms with Crippen LogP contribution in [0.2, 0.25) is 0 Å². The first-order chi connectivity index (χ1) is 9.58. The third-order valence-electron chi connectivity index (χ3n) is 3.46. The molecule has 3 heteroatoms. The van der Waals surface area contributed by atoms with Gasteiger partial charge in [0, 0.05) is 13.1 Å². The van der Waals surface area contributed by atoms with Crippen LogP contribution in [0.1, 0.15) is 23.6 Å². The van der Waals surface area contributed by atoms with E-state index in [2.05, 4.69) is 11.8 Å². The van der Waals surface area contributed by atoms with Gasteiger partial charge in [-0.2, -0.15) is 0 Å². The summed E-state index contributed by atoms with van der Waals surface area (Å²) in [6.45, 7) is 6.68. The van der Waals surface area contributed by atoms with Crippen molar-refractivity contribution in [3.63, 3.8) is 0 Å².